The van der Waals surface area contributed by atoms with Crippen LogP contribution in [-0.2, 0) is 12.7 Å². The number of nitrogens with one attached hydrogen (secondary N) is 1. The fraction of sp³-hybridized carbons (Fsp3) is 0.286. The van der Waals surface area contributed by atoms with Crippen LogP contribution in [0.15, 0.2) is 48.8 Å². The van der Waals surface area contributed by atoms with Gasteiger partial charge in [-0.2, -0.15) is 18.3 Å². The minimum absolute atomic E-state index is 0.0399. The number of nitrogens with zero attached hydrogens (tertiary/aromatic N) is 3. The zero-order valence-corrected chi connectivity index (χ0v) is 16.7. The number of carbonyl (C=O) groups excluding carboxylic acids is 1. The van der Waals surface area contributed by atoms with Crippen molar-refractivity contribution in [2.75, 3.05) is 0 Å². The van der Waals surface area contributed by atoms with Gasteiger partial charge in [-0.25, -0.2) is 9.67 Å². The fourth-order valence-electron chi connectivity index (χ4n) is 2.83. The number of ether oxygens (including phenoxy) is 1. The van der Waals surface area contributed by atoms with Crippen LogP contribution in [0.25, 0.3) is 5.69 Å². The van der Waals surface area contributed by atoms with E-state index in [9.17, 15) is 18.0 Å². The molecule has 0 bridgehead atoms. The molecule has 1 N–H and O–H groups in total. The number of benzene rings is 1. The average Bonchev–Trinajstić information content (AvgIpc) is 3.13. The Balaban J connectivity index is 1.87. The predicted molar refractivity (Wildman–Crippen MR) is 104 cm³/mol. The lowest BCUT2D eigenvalue weighted by Crippen LogP contribution is -2.26. The van der Waals surface area contributed by atoms with Gasteiger partial charge in [0.15, 0.2) is 5.69 Å². The highest BCUT2D eigenvalue weighted by Crippen LogP contribution is 2.33. The second-order valence-electron chi connectivity index (χ2n) is 6.97. The third kappa shape index (κ3) is 4.79. The maximum atomic E-state index is 13.8. The van der Waals surface area contributed by atoms with Crippen molar-refractivity contribution < 1.29 is 22.7 Å². The van der Waals surface area contributed by atoms with Crippen LogP contribution >= 0.6 is 0 Å². The van der Waals surface area contributed by atoms with E-state index in [1.807, 2.05) is 20.8 Å². The Bertz CT molecular complexity index is 1030. The lowest BCUT2D eigenvalue weighted by molar-refractivity contribution is -0.143. The van der Waals surface area contributed by atoms with E-state index >= 15 is 0 Å². The summed E-state index contributed by atoms with van der Waals surface area (Å²) in [6.07, 6.45) is -2.45. The first-order chi connectivity index (χ1) is 14.2. The van der Waals surface area contributed by atoms with Crippen molar-refractivity contribution in [1.29, 1.82) is 0 Å². The summed E-state index contributed by atoms with van der Waals surface area (Å²) in [5.74, 6) is -0.570. The topological polar surface area (TPSA) is 69.0 Å². The number of hydrogen-bond donors (Lipinski definition) is 1. The van der Waals surface area contributed by atoms with Crippen molar-refractivity contribution >= 4 is 5.91 Å². The Morgan fingerprint density at radius 3 is 2.53 bits per heavy atom. The van der Waals surface area contributed by atoms with Crippen LogP contribution in [0.3, 0.4) is 0 Å². The van der Waals surface area contributed by atoms with Gasteiger partial charge in [-0.15, -0.1) is 0 Å². The van der Waals surface area contributed by atoms with Crippen LogP contribution < -0.4 is 10.1 Å². The number of halogens is 3. The van der Waals surface area contributed by atoms with Crippen molar-refractivity contribution in [3.63, 3.8) is 0 Å². The molecule has 3 rings (SSSR count). The van der Waals surface area contributed by atoms with Gasteiger partial charge in [-0.1, -0.05) is 23.8 Å². The Morgan fingerprint density at radius 2 is 1.90 bits per heavy atom. The van der Waals surface area contributed by atoms with E-state index in [1.54, 1.807) is 24.3 Å². The van der Waals surface area contributed by atoms with Crippen LogP contribution in [-0.4, -0.2) is 26.8 Å². The molecule has 0 aliphatic rings. The second kappa shape index (κ2) is 8.56. The van der Waals surface area contributed by atoms with E-state index in [4.69, 9.17) is 4.74 Å². The monoisotopic (exact) mass is 418 g/mol. The molecule has 1 aromatic carbocycles. The molecule has 2 heterocycles. The van der Waals surface area contributed by atoms with Crippen LogP contribution in [0.5, 0.6) is 5.88 Å². The molecule has 2 aromatic heterocycles. The van der Waals surface area contributed by atoms with Gasteiger partial charge < -0.3 is 10.1 Å². The molecule has 3 aromatic rings. The number of aromatic nitrogens is 3. The fourth-order valence-corrected chi connectivity index (χ4v) is 2.83. The van der Waals surface area contributed by atoms with Crippen molar-refractivity contribution in [2.45, 2.75) is 39.6 Å². The molecule has 0 aliphatic carbocycles. The summed E-state index contributed by atoms with van der Waals surface area (Å²) >= 11 is 0. The Morgan fingerprint density at radius 1 is 1.20 bits per heavy atom. The largest absolute Gasteiger partial charge is 0.475 e. The zero-order chi connectivity index (χ0) is 21.9. The molecule has 0 radical (unpaired) electrons. The van der Waals surface area contributed by atoms with Crippen LogP contribution in [0.2, 0.25) is 0 Å². The van der Waals surface area contributed by atoms with Crippen LogP contribution in [0, 0.1) is 6.92 Å². The molecule has 1 amide bonds. The lowest BCUT2D eigenvalue weighted by atomic mass is 10.2. The van der Waals surface area contributed by atoms with Gasteiger partial charge >= 0.3 is 6.18 Å². The molecule has 0 aliphatic heterocycles. The number of carbonyl (C=O) groups is 1. The quantitative estimate of drug-likeness (QED) is 0.648. The molecule has 158 valence electrons. The molecule has 9 heteroatoms. The Labute approximate surface area is 171 Å². The van der Waals surface area contributed by atoms with Gasteiger partial charge in [-0.05, 0) is 39.0 Å². The number of aryl methyl sites for hydroxylation is 1. The van der Waals surface area contributed by atoms with Crippen LogP contribution in [0.4, 0.5) is 13.2 Å². The van der Waals surface area contributed by atoms with Crippen molar-refractivity contribution in [2.24, 2.45) is 0 Å². The first-order valence-corrected chi connectivity index (χ1v) is 9.28. The summed E-state index contributed by atoms with van der Waals surface area (Å²) in [6, 6.07) is 9.73. The molecular weight excluding hydrogens is 397 g/mol. The van der Waals surface area contributed by atoms with E-state index in [-0.39, 0.29) is 18.3 Å². The summed E-state index contributed by atoms with van der Waals surface area (Å²) in [7, 11) is 0. The van der Waals surface area contributed by atoms with Gasteiger partial charge in [-0.3, -0.25) is 4.79 Å². The van der Waals surface area contributed by atoms with Crippen molar-refractivity contribution in [3.8, 4) is 11.6 Å². The summed E-state index contributed by atoms with van der Waals surface area (Å²) in [6.45, 7) is 5.44. The van der Waals surface area contributed by atoms with Gasteiger partial charge in [0.25, 0.3) is 5.91 Å². The van der Waals surface area contributed by atoms with Gasteiger partial charge in [0, 0.05) is 18.3 Å². The zero-order valence-electron chi connectivity index (χ0n) is 16.7. The maximum absolute atomic E-state index is 13.8. The number of amides is 1. The highest BCUT2D eigenvalue weighted by Gasteiger charge is 2.40. The van der Waals surface area contributed by atoms with Crippen molar-refractivity contribution in [1.82, 2.24) is 20.1 Å². The molecule has 0 saturated heterocycles. The van der Waals surface area contributed by atoms with Crippen LogP contribution in [0.1, 0.15) is 41.0 Å². The minimum atomic E-state index is -4.77. The summed E-state index contributed by atoms with van der Waals surface area (Å²) in [4.78, 5) is 16.7. The molecular formula is C21H21F3N4O2. The average molecular weight is 418 g/mol. The number of hydrogen-bond acceptors (Lipinski definition) is 4. The van der Waals surface area contributed by atoms with Crippen molar-refractivity contribution in [3.05, 3.63) is 71.2 Å². The van der Waals surface area contributed by atoms with E-state index in [2.05, 4.69) is 15.4 Å². The molecule has 30 heavy (non-hydrogen) atoms. The van der Waals surface area contributed by atoms with E-state index < -0.39 is 23.3 Å². The van der Waals surface area contributed by atoms with Gasteiger partial charge in [0.05, 0.1) is 23.6 Å². The molecule has 6 nitrogen and oxygen atoms in total. The highest BCUT2D eigenvalue weighted by molar-refractivity contribution is 5.95. The predicted octanol–water partition coefficient (Wildman–Crippen LogP) is 4.31. The lowest BCUT2D eigenvalue weighted by Gasteiger charge is -2.14. The standard InChI is InChI=1S/C21H21F3N4O2/c1-13(2)30-20-15(5-4-10-25-20)11-26-19(29)17-12-27-28(18(17)21(22,23)24)16-8-6-14(3)7-9-16/h4-10,12-13H,11H2,1-3H3,(H,26,29). The summed E-state index contributed by atoms with van der Waals surface area (Å²) in [5.41, 5.74) is -0.0220. The summed E-state index contributed by atoms with van der Waals surface area (Å²) < 4.78 is 47.6. The molecule has 0 atom stereocenters. The Kier molecular flexibility index (Phi) is 6.09. The first-order valence-electron chi connectivity index (χ1n) is 9.28. The number of pyridine rings is 1. The smallest absolute Gasteiger partial charge is 0.434 e. The SMILES string of the molecule is Cc1ccc(-n2ncc(C(=O)NCc3cccnc3OC(C)C)c2C(F)(F)F)cc1. The Hall–Kier alpha value is -3.36. The minimum Gasteiger partial charge on any atom is -0.475 e. The normalized spacial score (nSPS) is 11.6. The van der Waals surface area contributed by atoms with E-state index in [0.29, 0.717) is 11.4 Å². The molecule has 0 unspecified atom stereocenters. The molecule has 0 fully saturated rings. The third-order valence-corrected chi connectivity index (χ3v) is 4.20. The third-order valence-electron chi connectivity index (χ3n) is 4.20. The molecule has 0 spiro atoms. The highest BCUT2D eigenvalue weighted by atomic mass is 19.4. The van der Waals surface area contributed by atoms with Gasteiger partial charge in [0.2, 0.25) is 5.88 Å². The maximum Gasteiger partial charge on any atom is 0.434 e. The van der Waals surface area contributed by atoms with E-state index in [1.165, 1.54) is 18.3 Å². The van der Waals surface area contributed by atoms with E-state index in [0.717, 1.165) is 16.4 Å². The second-order valence-corrected chi connectivity index (χ2v) is 6.97. The summed E-state index contributed by atoms with van der Waals surface area (Å²) in [5, 5.41) is 6.32. The first kappa shape index (κ1) is 21.4. The number of rotatable bonds is 6. The van der Waals surface area contributed by atoms with Gasteiger partial charge in [0.1, 0.15) is 0 Å². The number of alkyl halides is 3. The molecule has 0 saturated carbocycles.